The van der Waals surface area contributed by atoms with Crippen molar-refractivity contribution in [2.24, 2.45) is 0 Å². The monoisotopic (exact) mass is 592 g/mol. The van der Waals surface area contributed by atoms with Crippen molar-refractivity contribution in [1.82, 2.24) is 15.2 Å². The van der Waals surface area contributed by atoms with Crippen LogP contribution in [0.2, 0.25) is 0 Å². The molecule has 0 bridgehead atoms. The van der Waals surface area contributed by atoms with Crippen LogP contribution >= 0.6 is 23.6 Å². The molecule has 0 spiro atoms. The van der Waals surface area contributed by atoms with Crippen molar-refractivity contribution < 1.29 is 32.2 Å². The van der Waals surface area contributed by atoms with E-state index in [1.165, 1.54) is 35.6 Å². The Morgan fingerprint density at radius 1 is 1.12 bits per heavy atom. The largest absolute Gasteiger partial charge is 0.573 e. The highest BCUT2D eigenvalue weighted by molar-refractivity contribution is 7.80. The van der Waals surface area contributed by atoms with Crippen molar-refractivity contribution in [3.8, 4) is 16.9 Å². The third-order valence-electron chi connectivity index (χ3n) is 6.15. The van der Waals surface area contributed by atoms with Crippen molar-refractivity contribution >= 4 is 46.2 Å². The summed E-state index contributed by atoms with van der Waals surface area (Å²) in [5, 5.41) is 8.89. The fourth-order valence-electron chi connectivity index (χ4n) is 4.25. The van der Waals surface area contributed by atoms with E-state index in [0.29, 0.717) is 41.6 Å². The summed E-state index contributed by atoms with van der Waals surface area (Å²) in [6.07, 6.45) is -3.18. The molecule has 1 amide bonds. The summed E-state index contributed by atoms with van der Waals surface area (Å²) >= 11 is 6.82. The summed E-state index contributed by atoms with van der Waals surface area (Å²) in [7, 11) is 0. The molecule has 0 atom stereocenters. The zero-order chi connectivity index (χ0) is 28.7. The van der Waals surface area contributed by atoms with E-state index in [1.807, 2.05) is 4.90 Å². The lowest BCUT2D eigenvalue weighted by Crippen LogP contribution is -2.45. The number of para-hydroxylation sites is 1. The van der Waals surface area contributed by atoms with Gasteiger partial charge in [0.2, 0.25) is 0 Å². The van der Waals surface area contributed by atoms with Gasteiger partial charge >= 0.3 is 12.3 Å². The number of amides is 1. The number of carbonyl (C=O) groups is 2. The minimum atomic E-state index is -4.77. The molecule has 2 heterocycles. The summed E-state index contributed by atoms with van der Waals surface area (Å²) < 4.78 is 46.3. The molecule has 2 N–H and O–H groups in total. The van der Waals surface area contributed by atoms with Gasteiger partial charge in [0.05, 0.1) is 11.6 Å². The molecule has 0 radical (unpaired) electrons. The lowest BCUT2D eigenvalue weighted by atomic mass is 9.98. The molecule has 8 nitrogen and oxygen atoms in total. The zero-order valence-corrected chi connectivity index (χ0v) is 23.1. The van der Waals surface area contributed by atoms with Gasteiger partial charge in [0.15, 0.2) is 5.11 Å². The van der Waals surface area contributed by atoms with Crippen LogP contribution in [0.25, 0.3) is 11.1 Å². The standard InChI is InChI=1S/C27H27F3N4O4S2/c1-2-37-23(35)15-31-26(39)34-13-11-18(12-14-34)25-33-22(16-40-25)24(36)32-21-6-4-3-5-20(21)17-7-9-19(10-8-17)38-27(28,29)30/h3-10,16,18H,2,11-15H2,1H3,(H,31,39)(H,32,36). The fraction of sp³-hybridized carbons (Fsp3) is 0.333. The predicted octanol–water partition coefficient (Wildman–Crippen LogP) is 5.58. The minimum Gasteiger partial charge on any atom is -0.465 e. The normalized spacial score (nSPS) is 13.9. The van der Waals surface area contributed by atoms with Gasteiger partial charge in [-0.2, -0.15) is 0 Å². The second kappa shape index (κ2) is 13.1. The predicted molar refractivity (Wildman–Crippen MR) is 149 cm³/mol. The van der Waals surface area contributed by atoms with Crippen LogP contribution in [-0.2, 0) is 9.53 Å². The summed E-state index contributed by atoms with van der Waals surface area (Å²) in [6, 6.07) is 12.5. The first-order valence-corrected chi connectivity index (χ1v) is 13.8. The Bertz CT molecular complexity index is 1340. The number of aromatic nitrogens is 1. The lowest BCUT2D eigenvalue weighted by molar-refractivity contribution is -0.274. The van der Waals surface area contributed by atoms with E-state index < -0.39 is 6.36 Å². The van der Waals surface area contributed by atoms with E-state index in [9.17, 15) is 22.8 Å². The number of ether oxygens (including phenoxy) is 2. The second-order valence-corrected chi connectivity index (χ2v) is 10.1. The number of esters is 1. The zero-order valence-electron chi connectivity index (χ0n) is 21.5. The Morgan fingerprint density at radius 3 is 2.50 bits per heavy atom. The Hall–Kier alpha value is -3.71. The fourth-order valence-corrected chi connectivity index (χ4v) is 5.47. The van der Waals surface area contributed by atoms with E-state index in [-0.39, 0.29) is 35.8 Å². The summed E-state index contributed by atoms with van der Waals surface area (Å²) in [4.78, 5) is 31.2. The average molecular weight is 593 g/mol. The maximum Gasteiger partial charge on any atom is 0.573 e. The van der Waals surface area contributed by atoms with Crippen molar-refractivity contribution in [1.29, 1.82) is 0 Å². The first-order valence-electron chi connectivity index (χ1n) is 12.5. The number of likely N-dealkylation sites (tertiary alicyclic amines) is 1. The average Bonchev–Trinajstić information content (AvgIpc) is 3.43. The molecule has 1 aliphatic heterocycles. The number of carbonyl (C=O) groups excluding carboxylic acids is 2. The number of nitrogens with one attached hydrogen (secondary N) is 2. The molecule has 13 heteroatoms. The summed E-state index contributed by atoms with van der Waals surface area (Å²) in [5.74, 6) is -0.883. The quantitative estimate of drug-likeness (QED) is 0.259. The molecular formula is C27H27F3N4O4S2. The van der Waals surface area contributed by atoms with Gasteiger partial charge in [0.1, 0.15) is 18.0 Å². The van der Waals surface area contributed by atoms with Gasteiger partial charge in [-0.05, 0) is 55.7 Å². The van der Waals surface area contributed by atoms with Crippen LogP contribution in [0.4, 0.5) is 18.9 Å². The smallest absolute Gasteiger partial charge is 0.465 e. The third-order valence-corrected chi connectivity index (χ3v) is 7.56. The van der Waals surface area contributed by atoms with E-state index in [4.69, 9.17) is 17.0 Å². The van der Waals surface area contributed by atoms with Gasteiger partial charge in [-0.15, -0.1) is 24.5 Å². The summed E-state index contributed by atoms with van der Waals surface area (Å²) in [6.45, 7) is 3.48. The molecule has 1 fully saturated rings. The van der Waals surface area contributed by atoms with Gasteiger partial charge in [0.25, 0.3) is 5.91 Å². The molecule has 1 aromatic heterocycles. The highest BCUT2D eigenvalue weighted by Crippen LogP contribution is 2.33. The van der Waals surface area contributed by atoms with Crippen molar-refractivity contribution in [2.45, 2.75) is 32.0 Å². The van der Waals surface area contributed by atoms with Crippen molar-refractivity contribution in [3.63, 3.8) is 0 Å². The molecule has 1 saturated heterocycles. The number of anilines is 1. The Morgan fingerprint density at radius 2 is 1.82 bits per heavy atom. The van der Waals surface area contributed by atoms with E-state index >= 15 is 0 Å². The highest BCUT2D eigenvalue weighted by atomic mass is 32.1. The SMILES string of the molecule is CCOC(=O)CNC(=S)N1CCC(c2nc(C(=O)Nc3ccccc3-c3ccc(OC(F)(F)F)cc3)cs2)CC1. The first-order chi connectivity index (χ1) is 19.1. The highest BCUT2D eigenvalue weighted by Gasteiger charge is 2.31. The number of thiazole rings is 1. The molecule has 0 aliphatic carbocycles. The number of thiocarbonyl (C=S) groups is 1. The third kappa shape index (κ3) is 7.92. The van der Waals surface area contributed by atoms with Crippen LogP contribution < -0.4 is 15.4 Å². The molecule has 2 aromatic carbocycles. The number of benzene rings is 2. The van der Waals surface area contributed by atoms with Crippen LogP contribution in [0.1, 0.15) is 41.2 Å². The Balaban J connectivity index is 1.34. The molecule has 1 aliphatic rings. The maximum absolute atomic E-state index is 13.0. The van der Waals surface area contributed by atoms with Crippen LogP contribution in [-0.4, -0.2) is 59.5 Å². The summed E-state index contributed by atoms with van der Waals surface area (Å²) in [5.41, 5.74) is 2.05. The first kappa shape index (κ1) is 29.3. The van der Waals surface area contributed by atoms with Crippen LogP contribution in [0, 0.1) is 0 Å². The van der Waals surface area contributed by atoms with E-state index in [1.54, 1.807) is 36.6 Å². The molecule has 3 aromatic rings. The molecule has 4 rings (SSSR count). The van der Waals surface area contributed by atoms with E-state index in [2.05, 4.69) is 20.4 Å². The van der Waals surface area contributed by atoms with Gasteiger partial charge in [-0.25, -0.2) is 4.98 Å². The van der Waals surface area contributed by atoms with E-state index in [0.717, 1.165) is 17.8 Å². The Labute approximate surface area is 238 Å². The van der Waals surface area contributed by atoms with Gasteiger partial charge in [-0.3, -0.25) is 9.59 Å². The number of piperidine rings is 1. The second-order valence-electron chi connectivity index (χ2n) is 8.87. The minimum absolute atomic E-state index is 0.0263. The molecule has 0 unspecified atom stereocenters. The maximum atomic E-state index is 13.0. The van der Waals surface area contributed by atoms with Crippen molar-refractivity contribution in [2.75, 3.05) is 31.6 Å². The number of alkyl halides is 3. The molecule has 40 heavy (non-hydrogen) atoms. The van der Waals surface area contributed by atoms with Crippen LogP contribution in [0.15, 0.2) is 53.9 Å². The van der Waals surface area contributed by atoms with Crippen LogP contribution in [0.5, 0.6) is 5.75 Å². The lowest BCUT2D eigenvalue weighted by Gasteiger charge is -2.33. The molecule has 0 saturated carbocycles. The number of hydrogen-bond acceptors (Lipinski definition) is 7. The number of nitrogens with zero attached hydrogens (tertiary/aromatic N) is 2. The molecular weight excluding hydrogens is 565 g/mol. The van der Waals surface area contributed by atoms with Gasteiger partial charge in [0, 0.05) is 35.6 Å². The number of hydrogen-bond donors (Lipinski definition) is 2. The van der Waals surface area contributed by atoms with Gasteiger partial charge < -0.3 is 25.0 Å². The van der Waals surface area contributed by atoms with Gasteiger partial charge in [-0.1, -0.05) is 30.3 Å². The van der Waals surface area contributed by atoms with Crippen molar-refractivity contribution in [3.05, 3.63) is 64.6 Å². The number of rotatable bonds is 8. The topological polar surface area (TPSA) is 92.8 Å². The Kier molecular flexibility index (Phi) is 9.58. The molecule has 212 valence electrons. The van der Waals surface area contributed by atoms with Crippen LogP contribution in [0.3, 0.4) is 0 Å². The number of halogens is 3.